The predicted octanol–water partition coefficient (Wildman–Crippen LogP) is 3.93. The van der Waals surface area contributed by atoms with Crippen molar-refractivity contribution in [2.45, 2.75) is 9.79 Å². The summed E-state index contributed by atoms with van der Waals surface area (Å²) in [5, 5.41) is 1.62. The average molecular weight is 317 g/mol. The molecule has 1 heterocycles. The van der Waals surface area contributed by atoms with Gasteiger partial charge < -0.3 is 10.3 Å². The van der Waals surface area contributed by atoms with Gasteiger partial charge in [0.2, 0.25) is 0 Å². The van der Waals surface area contributed by atoms with E-state index in [-0.39, 0.29) is 5.56 Å². The minimum absolute atomic E-state index is 0.0530. The minimum Gasteiger partial charge on any atom is -0.399 e. The molecule has 0 radical (unpaired) electrons. The lowest BCUT2D eigenvalue weighted by atomic mass is 10.2. The zero-order valence-electron chi connectivity index (χ0n) is 11.3. The summed E-state index contributed by atoms with van der Waals surface area (Å²) in [5.74, 6) is 0. The number of fused-ring (bicyclic) bond motifs is 1. The van der Waals surface area contributed by atoms with Gasteiger partial charge in [-0.3, -0.25) is 4.79 Å². The second-order valence-electron chi connectivity index (χ2n) is 4.74. The van der Waals surface area contributed by atoms with Gasteiger partial charge >= 0.3 is 0 Å². The molecule has 106 valence electrons. The molecule has 3 rings (SSSR count). The van der Waals surface area contributed by atoms with Crippen molar-refractivity contribution in [3.05, 3.63) is 63.9 Å². The first-order valence-corrected chi connectivity index (χ1v) is 7.57. The smallest absolute Gasteiger partial charge is 0.251 e. The fraction of sp³-hybridized carbons (Fsp3) is 0.0625. The van der Waals surface area contributed by atoms with Crippen LogP contribution in [0, 0.1) is 0 Å². The van der Waals surface area contributed by atoms with Crippen molar-refractivity contribution in [1.82, 2.24) is 4.57 Å². The molecule has 2 aromatic carbocycles. The summed E-state index contributed by atoms with van der Waals surface area (Å²) in [4.78, 5) is 14.0. The molecule has 0 atom stereocenters. The lowest BCUT2D eigenvalue weighted by Gasteiger charge is -2.10. The number of anilines is 1. The Morgan fingerprint density at radius 3 is 2.52 bits per heavy atom. The van der Waals surface area contributed by atoms with Crippen LogP contribution in [0.1, 0.15) is 0 Å². The third kappa shape index (κ3) is 2.77. The van der Waals surface area contributed by atoms with Crippen LogP contribution in [0.15, 0.2) is 63.1 Å². The molecule has 0 aliphatic rings. The lowest BCUT2D eigenvalue weighted by molar-refractivity contribution is 0.898. The van der Waals surface area contributed by atoms with Gasteiger partial charge in [-0.15, -0.1) is 0 Å². The molecule has 0 unspecified atom stereocenters. The molecule has 0 saturated carbocycles. The largest absolute Gasteiger partial charge is 0.399 e. The van der Waals surface area contributed by atoms with Crippen molar-refractivity contribution in [3.8, 4) is 0 Å². The van der Waals surface area contributed by atoms with Gasteiger partial charge in [-0.05, 0) is 36.4 Å². The Kier molecular flexibility index (Phi) is 3.66. The standard InChI is InChI=1S/C16H13ClN2OS/c1-19-14-8-10(17)2-7-13(14)15(9-16(19)20)21-12-5-3-11(18)4-6-12/h2-9H,18H2,1H3. The molecule has 5 heteroatoms. The van der Waals surface area contributed by atoms with E-state index in [2.05, 4.69) is 0 Å². The summed E-state index contributed by atoms with van der Waals surface area (Å²) in [6, 6.07) is 14.8. The van der Waals surface area contributed by atoms with E-state index in [9.17, 15) is 4.79 Å². The maximum absolute atomic E-state index is 12.1. The molecule has 1 aromatic heterocycles. The number of nitrogens with two attached hydrogens (primary N) is 1. The first kappa shape index (κ1) is 14.0. The van der Waals surface area contributed by atoms with E-state index >= 15 is 0 Å². The normalized spacial score (nSPS) is 11.0. The van der Waals surface area contributed by atoms with Gasteiger partial charge in [-0.1, -0.05) is 29.4 Å². The zero-order valence-corrected chi connectivity index (χ0v) is 12.9. The summed E-state index contributed by atoms with van der Waals surface area (Å²) in [6.45, 7) is 0. The van der Waals surface area contributed by atoms with Crippen LogP contribution < -0.4 is 11.3 Å². The van der Waals surface area contributed by atoms with E-state index in [1.54, 1.807) is 29.4 Å². The summed E-state index contributed by atoms with van der Waals surface area (Å²) in [6.07, 6.45) is 0. The third-order valence-electron chi connectivity index (χ3n) is 3.28. The average Bonchev–Trinajstić information content (AvgIpc) is 2.47. The Hall–Kier alpha value is -1.91. The van der Waals surface area contributed by atoms with E-state index in [1.807, 2.05) is 42.5 Å². The molecular weight excluding hydrogens is 304 g/mol. The number of hydrogen-bond donors (Lipinski definition) is 1. The molecule has 3 nitrogen and oxygen atoms in total. The van der Waals surface area contributed by atoms with Crippen LogP contribution in [-0.2, 0) is 7.05 Å². The van der Waals surface area contributed by atoms with Gasteiger partial charge in [0.05, 0.1) is 5.52 Å². The predicted molar refractivity (Wildman–Crippen MR) is 89.2 cm³/mol. The van der Waals surface area contributed by atoms with Crippen LogP contribution in [-0.4, -0.2) is 4.57 Å². The number of rotatable bonds is 2. The van der Waals surface area contributed by atoms with E-state index in [4.69, 9.17) is 17.3 Å². The molecule has 0 bridgehead atoms. The number of aromatic nitrogens is 1. The highest BCUT2D eigenvalue weighted by molar-refractivity contribution is 7.99. The zero-order chi connectivity index (χ0) is 15.0. The number of nitrogens with zero attached hydrogens (tertiary/aromatic N) is 1. The molecule has 3 aromatic rings. The van der Waals surface area contributed by atoms with Gasteiger partial charge in [0.15, 0.2) is 0 Å². The molecule has 0 amide bonds. The van der Waals surface area contributed by atoms with Crippen molar-refractivity contribution < 1.29 is 0 Å². The maximum Gasteiger partial charge on any atom is 0.251 e. The van der Waals surface area contributed by atoms with Crippen molar-refractivity contribution in [2.75, 3.05) is 5.73 Å². The summed E-state index contributed by atoms with van der Waals surface area (Å²) >= 11 is 7.58. The van der Waals surface area contributed by atoms with Gasteiger partial charge in [0.25, 0.3) is 5.56 Å². The Bertz CT molecular complexity index is 872. The van der Waals surface area contributed by atoms with Crippen LogP contribution in [0.25, 0.3) is 10.9 Å². The molecule has 0 spiro atoms. The van der Waals surface area contributed by atoms with Crippen LogP contribution in [0.2, 0.25) is 5.02 Å². The van der Waals surface area contributed by atoms with Crippen molar-refractivity contribution in [2.24, 2.45) is 7.05 Å². The third-order valence-corrected chi connectivity index (χ3v) is 4.58. The summed E-state index contributed by atoms with van der Waals surface area (Å²) < 4.78 is 1.61. The second kappa shape index (κ2) is 5.47. The molecular formula is C16H13ClN2OS. The van der Waals surface area contributed by atoms with Crippen LogP contribution in [0.4, 0.5) is 5.69 Å². The Morgan fingerprint density at radius 1 is 1.10 bits per heavy atom. The first-order chi connectivity index (χ1) is 10.0. The Balaban J connectivity index is 2.16. The van der Waals surface area contributed by atoms with Crippen LogP contribution in [0.5, 0.6) is 0 Å². The number of nitrogen functional groups attached to an aromatic ring is 1. The van der Waals surface area contributed by atoms with Crippen LogP contribution >= 0.6 is 23.4 Å². The number of aryl methyl sites for hydroxylation is 1. The lowest BCUT2D eigenvalue weighted by Crippen LogP contribution is -2.16. The molecule has 0 aliphatic heterocycles. The Morgan fingerprint density at radius 2 is 1.81 bits per heavy atom. The van der Waals surface area contributed by atoms with Crippen molar-refractivity contribution in [1.29, 1.82) is 0 Å². The van der Waals surface area contributed by atoms with Gasteiger partial charge in [0, 0.05) is 39.0 Å². The van der Waals surface area contributed by atoms with Gasteiger partial charge in [0.1, 0.15) is 0 Å². The Labute approximate surface area is 131 Å². The first-order valence-electron chi connectivity index (χ1n) is 6.37. The summed E-state index contributed by atoms with van der Waals surface area (Å²) in [5.41, 5.74) is 7.19. The topological polar surface area (TPSA) is 48.0 Å². The van der Waals surface area contributed by atoms with E-state index in [0.717, 1.165) is 26.4 Å². The fourth-order valence-electron chi connectivity index (χ4n) is 2.14. The van der Waals surface area contributed by atoms with Crippen LogP contribution in [0.3, 0.4) is 0 Å². The number of pyridine rings is 1. The van der Waals surface area contributed by atoms with Gasteiger partial charge in [-0.25, -0.2) is 0 Å². The van der Waals surface area contributed by atoms with E-state index < -0.39 is 0 Å². The van der Waals surface area contributed by atoms with Crippen molar-refractivity contribution >= 4 is 40.0 Å². The molecule has 0 saturated heterocycles. The van der Waals surface area contributed by atoms with Gasteiger partial charge in [-0.2, -0.15) is 0 Å². The second-order valence-corrected chi connectivity index (χ2v) is 6.29. The highest BCUT2D eigenvalue weighted by Gasteiger charge is 2.08. The minimum atomic E-state index is -0.0530. The SMILES string of the molecule is Cn1c(=O)cc(Sc2ccc(N)cc2)c2ccc(Cl)cc21. The quantitative estimate of drug-likeness (QED) is 0.729. The molecule has 0 aliphatic carbocycles. The van der Waals surface area contributed by atoms with E-state index in [0.29, 0.717) is 5.02 Å². The molecule has 21 heavy (non-hydrogen) atoms. The molecule has 2 N–H and O–H groups in total. The number of hydrogen-bond acceptors (Lipinski definition) is 3. The molecule has 0 fully saturated rings. The number of halogens is 1. The highest BCUT2D eigenvalue weighted by atomic mass is 35.5. The number of benzene rings is 2. The fourth-order valence-corrected chi connectivity index (χ4v) is 3.28. The maximum atomic E-state index is 12.1. The van der Waals surface area contributed by atoms with E-state index in [1.165, 1.54) is 0 Å². The summed E-state index contributed by atoms with van der Waals surface area (Å²) in [7, 11) is 1.75. The monoisotopic (exact) mass is 316 g/mol. The highest BCUT2D eigenvalue weighted by Crippen LogP contribution is 2.33. The van der Waals surface area contributed by atoms with Crippen molar-refractivity contribution in [3.63, 3.8) is 0 Å².